The lowest BCUT2D eigenvalue weighted by Gasteiger charge is -2.42. The maximum Gasteiger partial charge on any atom is 0.255 e. The summed E-state index contributed by atoms with van der Waals surface area (Å²) in [7, 11) is 0. The monoisotopic (exact) mass is 589 g/mol. The Morgan fingerprint density at radius 3 is 2.69 bits per heavy atom. The Hall–Kier alpha value is -4.06. The van der Waals surface area contributed by atoms with Crippen LogP contribution in [0.25, 0.3) is 0 Å². The molecule has 11 nitrogen and oxygen atoms in total. The molecule has 2 atom stereocenters. The Morgan fingerprint density at radius 2 is 1.83 bits per heavy atom. The number of aryl methyl sites for hydroxylation is 2. The Kier molecular flexibility index (Phi) is 8.31. The van der Waals surface area contributed by atoms with Gasteiger partial charge >= 0.3 is 0 Å². The fourth-order valence-corrected chi connectivity index (χ4v) is 7.16. The van der Waals surface area contributed by atoms with Gasteiger partial charge in [0.05, 0.1) is 24.8 Å². The predicted molar refractivity (Wildman–Crippen MR) is 156 cm³/mol. The molecule has 4 amide bonds. The molecule has 3 aliphatic rings. The van der Waals surface area contributed by atoms with Gasteiger partial charge < -0.3 is 20.4 Å². The summed E-state index contributed by atoms with van der Waals surface area (Å²) in [6, 6.07) is 7.76. The number of fused-ring (bicyclic) bond motifs is 4. The molecule has 2 N–H and O–H groups in total. The molecular weight excluding hydrogens is 554 g/mol. The van der Waals surface area contributed by atoms with Crippen LogP contribution in [0.15, 0.2) is 41.9 Å². The second kappa shape index (κ2) is 12.4. The second-order valence-electron chi connectivity index (χ2n) is 11.2. The molecule has 42 heavy (non-hydrogen) atoms. The maximum absolute atomic E-state index is 14.1. The molecule has 12 heteroatoms. The summed E-state index contributed by atoms with van der Waals surface area (Å²) >= 11 is 1.64. The van der Waals surface area contributed by atoms with Crippen molar-refractivity contribution in [3.05, 3.63) is 69.2 Å². The number of rotatable bonds is 3. The van der Waals surface area contributed by atoms with Gasteiger partial charge in [-0.15, -0.1) is 16.4 Å². The van der Waals surface area contributed by atoms with Gasteiger partial charge in [-0.3, -0.25) is 23.9 Å². The number of nitrogens with one attached hydrogen (secondary N) is 2. The van der Waals surface area contributed by atoms with E-state index in [0.29, 0.717) is 31.6 Å². The Bertz CT molecular complexity index is 1470. The number of piperazine rings is 1. The van der Waals surface area contributed by atoms with Crippen LogP contribution < -0.4 is 10.6 Å². The summed E-state index contributed by atoms with van der Waals surface area (Å²) in [5, 5.41) is 16.0. The molecule has 1 aromatic carbocycles. The fraction of sp³-hybridized carbons (Fsp3) is 0.467. The highest BCUT2D eigenvalue weighted by Gasteiger charge is 2.40. The molecule has 3 aromatic rings. The lowest BCUT2D eigenvalue weighted by molar-refractivity contribution is -0.146. The van der Waals surface area contributed by atoms with Gasteiger partial charge in [-0.25, -0.2) is 0 Å². The van der Waals surface area contributed by atoms with Crippen LogP contribution in [0.5, 0.6) is 0 Å². The number of amides is 4. The van der Waals surface area contributed by atoms with Gasteiger partial charge in [0.25, 0.3) is 5.91 Å². The Labute approximate surface area is 248 Å². The number of aromatic nitrogens is 3. The molecule has 0 spiro atoms. The first-order chi connectivity index (χ1) is 20.5. The SMILES string of the molecule is O=C1CCCn2cc(nn2)CNC(=O)[C@H]2CN(C(=O)c3csc4c3CCCC4)CCN2C(=O)[C@H](Cc2ccccc2)N1. The summed E-state index contributed by atoms with van der Waals surface area (Å²) < 4.78 is 1.65. The van der Waals surface area contributed by atoms with E-state index < -0.39 is 12.1 Å². The van der Waals surface area contributed by atoms with E-state index in [4.69, 9.17) is 0 Å². The number of carbonyl (C=O) groups excluding carboxylic acids is 4. The van der Waals surface area contributed by atoms with E-state index in [2.05, 4.69) is 20.9 Å². The van der Waals surface area contributed by atoms with Crippen LogP contribution in [0.4, 0.5) is 0 Å². The molecule has 4 heterocycles. The number of thiophene rings is 1. The maximum atomic E-state index is 14.1. The second-order valence-corrected chi connectivity index (χ2v) is 12.1. The van der Waals surface area contributed by atoms with Gasteiger partial charge in [-0.1, -0.05) is 35.5 Å². The topological polar surface area (TPSA) is 130 Å². The van der Waals surface area contributed by atoms with Gasteiger partial charge in [0.15, 0.2) is 0 Å². The van der Waals surface area contributed by atoms with E-state index in [9.17, 15) is 19.2 Å². The van der Waals surface area contributed by atoms with Crippen molar-refractivity contribution in [2.75, 3.05) is 19.6 Å². The van der Waals surface area contributed by atoms with Gasteiger partial charge in [-0.2, -0.15) is 0 Å². The summed E-state index contributed by atoms with van der Waals surface area (Å²) in [6.07, 6.45) is 6.89. The highest BCUT2D eigenvalue weighted by atomic mass is 32.1. The highest BCUT2D eigenvalue weighted by molar-refractivity contribution is 7.10. The number of hydrogen-bond acceptors (Lipinski definition) is 7. The van der Waals surface area contributed by atoms with Crippen LogP contribution in [0, 0.1) is 0 Å². The largest absolute Gasteiger partial charge is 0.348 e. The molecule has 2 bridgehead atoms. The molecule has 220 valence electrons. The van der Waals surface area contributed by atoms with E-state index in [1.807, 2.05) is 35.7 Å². The minimum Gasteiger partial charge on any atom is -0.348 e. The van der Waals surface area contributed by atoms with Crippen molar-refractivity contribution in [1.29, 1.82) is 0 Å². The van der Waals surface area contributed by atoms with Crippen LogP contribution in [-0.2, 0) is 46.7 Å². The van der Waals surface area contributed by atoms with Crippen molar-refractivity contribution in [2.24, 2.45) is 0 Å². The summed E-state index contributed by atoms with van der Waals surface area (Å²) in [6.45, 7) is 1.20. The van der Waals surface area contributed by atoms with Crippen molar-refractivity contribution in [3.8, 4) is 0 Å². The van der Waals surface area contributed by atoms with Crippen LogP contribution in [0.1, 0.15) is 57.7 Å². The van der Waals surface area contributed by atoms with Gasteiger partial charge in [0.1, 0.15) is 17.8 Å². The molecule has 1 fully saturated rings. The molecule has 0 unspecified atom stereocenters. The van der Waals surface area contributed by atoms with Crippen LogP contribution in [0.3, 0.4) is 0 Å². The average molecular weight is 590 g/mol. The lowest BCUT2D eigenvalue weighted by atomic mass is 9.95. The first kappa shape index (κ1) is 28.1. The van der Waals surface area contributed by atoms with E-state index >= 15 is 0 Å². The third-order valence-electron chi connectivity index (χ3n) is 8.28. The molecule has 1 saturated heterocycles. The van der Waals surface area contributed by atoms with E-state index in [0.717, 1.165) is 42.4 Å². The average Bonchev–Trinajstić information content (AvgIpc) is 3.66. The van der Waals surface area contributed by atoms with Crippen LogP contribution >= 0.6 is 11.3 Å². The molecule has 2 aliphatic heterocycles. The van der Waals surface area contributed by atoms with E-state index in [1.54, 1.807) is 27.1 Å². The molecule has 0 radical (unpaired) electrons. The molecule has 2 aromatic heterocycles. The van der Waals surface area contributed by atoms with E-state index in [-0.39, 0.29) is 49.7 Å². The molecule has 0 saturated carbocycles. The zero-order valence-electron chi connectivity index (χ0n) is 23.5. The normalized spacial score (nSPS) is 21.9. The van der Waals surface area contributed by atoms with Crippen molar-refractivity contribution < 1.29 is 19.2 Å². The van der Waals surface area contributed by atoms with Crippen molar-refractivity contribution in [1.82, 2.24) is 35.4 Å². The van der Waals surface area contributed by atoms with Crippen molar-refractivity contribution >= 4 is 35.0 Å². The first-order valence-corrected chi connectivity index (χ1v) is 15.5. The fourth-order valence-electron chi connectivity index (χ4n) is 6.04. The third kappa shape index (κ3) is 6.08. The zero-order chi connectivity index (χ0) is 29.1. The number of carbonyl (C=O) groups is 4. The molecule has 6 rings (SSSR count). The van der Waals surface area contributed by atoms with Crippen LogP contribution in [-0.4, -0.2) is 80.1 Å². The Morgan fingerprint density at radius 1 is 1.00 bits per heavy atom. The summed E-state index contributed by atoms with van der Waals surface area (Å²) in [5.74, 6) is -1.03. The van der Waals surface area contributed by atoms with Crippen molar-refractivity contribution in [2.45, 2.75) is 70.1 Å². The smallest absolute Gasteiger partial charge is 0.255 e. The highest BCUT2D eigenvalue weighted by Crippen LogP contribution is 2.31. The quantitative estimate of drug-likeness (QED) is 0.479. The lowest BCUT2D eigenvalue weighted by Crippen LogP contribution is -2.64. The minimum atomic E-state index is -0.917. The number of benzene rings is 1. The van der Waals surface area contributed by atoms with E-state index in [1.165, 1.54) is 9.78 Å². The third-order valence-corrected chi connectivity index (χ3v) is 9.37. The minimum absolute atomic E-state index is 0.0692. The number of nitrogens with zero attached hydrogens (tertiary/aromatic N) is 5. The molecular formula is C30H35N7O4S. The van der Waals surface area contributed by atoms with Gasteiger partial charge in [0.2, 0.25) is 17.7 Å². The number of hydrogen-bond donors (Lipinski definition) is 2. The van der Waals surface area contributed by atoms with Gasteiger partial charge in [-0.05, 0) is 43.2 Å². The summed E-state index contributed by atoms with van der Waals surface area (Å²) in [5.41, 5.74) is 3.34. The van der Waals surface area contributed by atoms with Crippen LogP contribution in [0.2, 0.25) is 0 Å². The standard InChI is InChI=1S/C30H35N7O4S/c38-27-11-6-12-36-17-21(33-34-36)16-31-28(39)25-18-35(29(40)23-19-42-26-10-5-4-9-22(23)26)13-14-37(25)30(41)24(32-27)15-20-7-2-1-3-8-20/h1-3,7-8,17,19,24-25H,4-6,9-16,18H2,(H,31,39)(H,32,38)/t24-,25+/m0/s1. The van der Waals surface area contributed by atoms with Gasteiger partial charge in [0, 0.05) is 42.7 Å². The molecule has 1 aliphatic carbocycles. The first-order valence-electron chi connectivity index (χ1n) is 14.7. The van der Waals surface area contributed by atoms with Crippen molar-refractivity contribution in [3.63, 3.8) is 0 Å². The predicted octanol–water partition coefficient (Wildman–Crippen LogP) is 1.71. The Balaban J connectivity index is 1.28. The summed E-state index contributed by atoms with van der Waals surface area (Å²) in [4.78, 5) is 59.0. The zero-order valence-corrected chi connectivity index (χ0v) is 24.3.